The fourth-order valence-corrected chi connectivity index (χ4v) is 1.46. The number of aromatic nitrogens is 4. The van der Waals surface area contributed by atoms with E-state index in [0.717, 1.165) is 23.3 Å². The average molecular weight is 191 g/mol. The van der Waals surface area contributed by atoms with Crippen LogP contribution < -0.4 is 5.73 Å². The standard InChI is InChI=1S/C9H13N5/c1-3-7-8-9(12-4-11-7)14(5-13-8)6(2)10/h4-6H,3,10H2,1-2H3. The quantitative estimate of drug-likeness (QED) is 0.764. The highest BCUT2D eigenvalue weighted by atomic mass is 15.2. The summed E-state index contributed by atoms with van der Waals surface area (Å²) in [4.78, 5) is 12.6. The number of fused-ring (bicyclic) bond motifs is 1. The zero-order chi connectivity index (χ0) is 10.1. The van der Waals surface area contributed by atoms with E-state index < -0.39 is 0 Å². The minimum atomic E-state index is -0.111. The van der Waals surface area contributed by atoms with Gasteiger partial charge >= 0.3 is 0 Å². The summed E-state index contributed by atoms with van der Waals surface area (Å²) in [6.07, 6.45) is 4.01. The van der Waals surface area contributed by atoms with Crippen molar-refractivity contribution in [2.45, 2.75) is 26.4 Å². The first kappa shape index (κ1) is 9.08. The number of hydrogen-bond acceptors (Lipinski definition) is 4. The van der Waals surface area contributed by atoms with Crippen molar-refractivity contribution in [3.8, 4) is 0 Å². The van der Waals surface area contributed by atoms with Gasteiger partial charge in [0.2, 0.25) is 0 Å². The van der Waals surface area contributed by atoms with Crippen molar-refractivity contribution in [3.05, 3.63) is 18.3 Å². The van der Waals surface area contributed by atoms with Crippen molar-refractivity contribution in [2.24, 2.45) is 5.73 Å². The van der Waals surface area contributed by atoms with E-state index in [1.807, 2.05) is 18.4 Å². The molecule has 0 aromatic carbocycles. The van der Waals surface area contributed by atoms with Gasteiger partial charge in [-0.1, -0.05) is 6.92 Å². The zero-order valence-electron chi connectivity index (χ0n) is 8.31. The Hall–Kier alpha value is -1.49. The van der Waals surface area contributed by atoms with E-state index in [4.69, 9.17) is 5.73 Å². The molecule has 0 radical (unpaired) electrons. The normalized spacial score (nSPS) is 13.4. The molecule has 0 saturated heterocycles. The van der Waals surface area contributed by atoms with Crippen LogP contribution in [0.3, 0.4) is 0 Å². The molecular formula is C9H13N5. The molecule has 5 heteroatoms. The van der Waals surface area contributed by atoms with Crippen LogP contribution in [0, 0.1) is 0 Å². The molecule has 2 N–H and O–H groups in total. The topological polar surface area (TPSA) is 69.6 Å². The number of rotatable bonds is 2. The van der Waals surface area contributed by atoms with Gasteiger partial charge in [0.25, 0.3) is 0 Å². The molecule has 0 aliphatic heterocycles. The van der Waals surface area contributed by atoms with Gasteiger partial charge in [0, 0.05) is 0 Å². The van der Waals surface area contributed by atoms with Crippen molar-refractivity contribution in [2.75, 3.05) is 0 Å². The maximum absolute atomic E-state index is 5.78. The lowest BCUT2D eigenvalue weighted by Crippen LogP contribution is -2.13. The van der Waals surface area contributed by atoms with Crippen molar-refractivity contribution >= 4 is 11.2 Å². The predicted molar refractivity (Wildman–Crippen MR) is 53.6 cm³/mol. The molecule has 0 fully saturated rings. The maximum Gasteiger partial charge on any atom is 0.164 e. The van der Waals surface area contributed by atoms with Crippen LogP contribution in [-0.2, 0) is 6.42 Å². The Kier molecular flexibility index (Phi) is 2.17. The maximum atomic E-state index is 5.78. The minimum Gasteiger partial charge on any atom is -0.311 e. The molecule has 1 unspecified atom stereocenters. The summed E-state index contributed by atoms with van der Waals surface area (Å²) in [5.41, 5.74) is 8.41. The molecular weight excluding hydrogens is 178 g/mol. The Morgan fingerprint density at radius 3 is 2.86 bits per heavy atom. The Morgan fingerprint density at radius 2 is 2.21 bits per heavy atom. The summed E-state index contributed by atoms with van der Waals surface area (Å²) < 4.78 is 1.84. The van der Waals surface area contributed by atoms with Gasteiger partial charge in [0.1, 0.15) is 11.8 Å². The Balaban J connectivity index is 2.69. The van der Waals surface area contributed by atoms with Gasteiger partial charge < -0.3 is 5.73 Å². The van der Waals surface area contributed by atoms with E-state index in [9.17, 15) is 0 Å². The first-order valence-corrected chi connectivity index (χ1v) is 4.66. The molecule has 2 heterocycles. The summed E-state index contributed by atoms with van der Waals surface area (Å²) in [6, 6.07) is 0. The first-order chi connectivity index (χ1) is 6.74. The van der Waals surface area contributed by atoms with Crippen LogP contribution in [0.2, 0.25) is 0 Å². The van der Waals surface area contributed by atoms with Gasteiger partial charge in [-0.25, -0.2) is 15.0 Å². The number of hydrogen-bond donors (Lipinski definition) is 1. The SMILES string of the molecule is CCc1ncnc2c1ncn2C(C)N. The molecule has 0 bridgehead atoms. The molecule has 74 valence electrons. The number of aryl methyl sites for hydroxylation is 1. The Morgan fingerprint density at radius 1 is 1.43 bits per heavy atom. The van der Waals surface area contributed by atoms with Crippen molar-refractivity contribution < 1.29 is 0 Å². The van der Waals surface area contributed by atoms with E-state index in [-0.39, 0.29) is 6.17 Å². The molecule has 2 rings (SSSR count). The van der Waals surface area contributed by atoms with Crippen molar-refractivity contribution in [1.29, 1.82) is 0 Å². The second kappa shape index (κ2) is 3.34. The average Bonchev–Trinajstić information content (AvgIpc) is 2.60. The zero-order valence-corrected chi connectivity index (χ0v) is 8.31. The fraction of sp³-hybridized carbons (Fsp3) is 0.444. The first-order valence-electron chi connectivity index (χ1n) is 4.66. The summed E-state index contributed by atoms with van der Waals surface area (Å²) in [7, 11) is 0. The lowest BCUT2D eigenvalue weighted by atomic mass is 10.3. The van der Waals surface area contributed by atoms with Crippen molar-refractivity contribution in [1.82, 2.24) is 19.5 Å². The van der Waals surface area contributed by atoms with Crippen LogP contribution in [0.15, 0.2) is 12.7 Å². The van der Waals surface area contributed by atoms with Gasteiger partial charge in [0.15, 0.2) is 5.65 Å². The van der Waals surface area contributed by atoms with E-state index in [2.05, 4.69) is 15.0 Å². The van der Waals surface area contributed by atoms with Gasteiger partial charge in [-0.2, -0.15) is 0 Å². The molecule has 14 heavy (non-hydrogen) atoms. The van der Waals surface area contributed by atoms with E-state index in [1.165, 1.54) is 0 Å². The highest BCUT2D eigenvalue weighted by Gasteiger charge is 2.09. The summed E-state index contributed by atoms with van der Waals surface area (Å²) in [5.74, 6) is 0. The largest absolute Gasteiger partial charge is 0.311 e. The van der Waals surface area contributed by atoms with Crippen LogP contribution in [0.25, 0.3) is 11.2 Å². The lowest BCUT2D eigenvalue weighted by Gasteiger charge is -2.06. The summed E-state index contributed by atoms with van der Waals surface area (Å²) in [6.45, 7) is 3.95. The molecule has 1 atom stereocenters. The molecule has 0 saturated carbocycles. The van der Waals surface area contributed by atoms with Gasteiger partial charge in [-0.15, -0.1) is 0 Å². The van der Waals surface area contributed by atoms with Crippen LogP contribution in [0.4, 0.5) is 0 Å². The number of imidazole rings is 1. The van der Waals surface area contributed by atoms with Crippen molar-refractivity contribution in [3.63, 3.8) is 0 Å². The number of nitrogens with zero attached hydrogens (tertiary/aromatic N) is 4. The minimum absolute atomic E-state index is 0.111. The number of nitrogens with two attached hydrogens (primary N) is 1. The lowest BCUT2D eigenvalue weighted by molar-refractivity contribution is 0.583. The van der Waals surface area contributed by atoms with E-state index >= 15 is 0 Å². The predicted octanol–water partition coefficient (Wildman–Crippen LogP) is 0.866. The monoisotopic (exact) mass is 191 g/mol. The molecule has 5 nitrogen and oxygen atoms in total. The molecule has 0 aliphatic carbocycles. The third-order valence-electron chi connectivity index (χ3n) is 2.21. The fourth-order valence-electron chi connectivity index (χ4n) is 1.46. The smallest absolute Gasteiger partial charge is 0.164 e. The van der Waals surface area contributed by atoms with Crippen LogP contribution in [-0.4, -0.2) is 19.5 Å². The molecule has 0 aliphatic rings. The molecule has 0 amide bonds. The Bertz CT molecular complexity index is 445. The van der Waals surface area contributed by atoms with Gasteiger partial charge in [-0.05, 0) is 13.3 Å². The van der Waals surface area contributed by atoms with E-state index in [1.54, 1.807) is 12.7 Å². The highest BCUT2D eigenvalue weighted by Crippen LogP contribution is 2.15. The highest BCUT2D eigenvalue weighted by molar-refractivity contribution is 5.73. The summed E-state index contributed by atoms with van der Waals surface area (Å²) >= 11 is 0. The molecule has 0 spiro atoms. The third kappa shape index (κ3) is 1.26. The van der Waals surface area contributed by atoms with Crippen LogP contribution >= 0.6 is 0 Å². The van der Waals surface area contributed by atoms with Crippen LogP contribution in [0.5, 0.6) is 0 Å². The van der Waals surface area contributed by atoms with Gasteiger partial charge in [0.05, 0.1) is 18.2 Å². The second-order valence-electron chi connectivity index (χ2n) is 3.24. The molecule has 2 aromatic heterocycles. The summed E-state index contributed by atoms with van der Waals surface area (Å²) in [5, 5.41) is 0. The van der Waals surface area contributed by atoms with Gasteiger partial charge in [-0.3, -0.25) is 4.57 Å². The third-order valence-corrected chi connectivity index (χ3v) is 2.21. The molecule has 2 aromatic rings. The van der Waals surface area contributed by atoms with Crippen LogP contribution in [0.1, 0.15) is 25.7 Å². The van der Waals surface area contributed by atoms with E-state index in [0.29, 0.717) is 0 Å². The Labute approximate surface area is 82.0 Å². The second-order valence-corrected chi connectivity index (χ2v) is 3.24.